The number of pyridine rings is 1. The first-order valence-corrected chi connectivity index (χ1v) is 10.3. The van der Waals surface area contributed by atoms with Crippen LogP contribution in [0, 0.1) is 6.92 Å². The van der Waals surface area contributed by atoms with Gasteiger partial charge in [-0.3, -0.25) is 4.79 Å². The predicted molar refractivity (Wildman–Crippen MR) is 101 cm³/mol. The molecule has 1 aliphatic heterocycles. The van der Waals surface area contributed by atoms with Gasteiger partial charge in [0.25, 0.3) is 0 Å². The van der Waals surface area contributed by atoms with Gasteiger partial charge in [-0.15, -0.1) is 0 Å². The highest BCUT2D eigenvalue weighted by molar-refractivity contribution is 7.91. The Balaban J connectivity index is 1.52. The van der Waals surface area contributed by atoms with Crippen molar-refractivity contribution in [2.45, 2.75) is 18.2 Å². The van der Waals surface area contributed by atoms with Crippen LogP contribution in [0.1, 0.15) is 12.0 Å². The first-order valence-electron chi connectivity index (χ1n) is 8.69. The largest absolute Gasteiger partial charge is 0.353 e. The monoisotopic (exact) mass is 373 g/mol. The average molecular weight is 373 g/mol. The summed E-state index contributed by atoms with van der Waals surface area (Å²) in [5, 5.41) is 0. The maximum absolute atomic E-state index is 12.4. The lowest BCUT2D eigenvalue weighted by Gasteiger charge is -2.35. The molecule has 1 saturated heterocycles. The zero-order chi connectivity index (χ0) is 18.6. The van der Waals surface area contributed by atoms with E-state index in [4.69, 9.17) is 0 Å². The Kier molecular flexibility index (Phi) is 5.56. The van der Waals surface area contributed by atoms with Crippen molar-refractivity contribution in [3.05, 3.63) is 54.2 Å². The molecule has 0 N–H and O–H groups in total. The summed E-state index contributed by atoms with van der Waals surface area (Å²) in [5.74, 6) is 0.637. The second-order valence-electron chi connectivity index (χ2n) is 6.44. The summed E-state index contributed by atoms with van der Waals surface area (Å²) in [6.45, 7) is 4.48. The minimum atomic E-state index is -3.43. The van der Waals surface area contributed by atoms with Crippen molar-refractivity contribution in [2.24, 2.45) is 0 Å². The number of benzene rings is 1. The quantitative estimate of drug-likeness (QED) is 0.801. The molecule has 0 radical (unpaired) electrons. The fraction of sp³-hybridized carbons (Fsp3) is 0.368. The highest BCUT2D eigenvalue weighted by atomic mass is 32.2. The molecule has 1 amide bonds. The maximum atomic E-state index is 12.4. The average Bonchev–Trinajstić information content (AvgIpc) is 2.67. The molecule has 138 valence electrons. The molecule has 0 unspecified atom stereocenters. The number of nitrogens with zero attached hydrogens (tertiary/aromatic N) is 3. The lowest BCUT2D eigenvalue weighted by Crippen LogP contribution is -2.49. The van der Waals surface area contributed by atoms with Gasteiger partial charge in [0.1, 0.15) is 5.82 Å². The van der Waals surface area contributed by atoms with Gasteiger partial charge in [-0.2, -0.15) is 0 Å². The summed E-state index contributed by atoms with van der Waals surface area (Å²) in [4.78, 5) is 20.9. The highest BCUT2D eigenvalue weighted by Crippen LogP contribution is 2.16. The van der Waals surface area contributed by atoms with Gasteiger partial charge >= 0.3 is 0 Å². The molecule has 0 atom stereocenters. The third-order valence-electron chi connectivity index (χ3n) is 4.57. The van der Waals surface area contributed by atoms with Gasteiger partial charge < -0.3 is 9.80 Å². The molecule has 1 aromatic carbocycles. The fourth-order valence-corrected chi connectivity index (χ4v) is 4.20. The maximum Gasteiger partial charge on any atom is 0.223 e. The number of hydrogen-bond donors (Lipinski definition) is 0. The first kappa shape index (κ1) is 18.4. The Bertz CT molecular complexity index is 843. The Morgan fingerprint density at radius 2 is 1.73 bits per heavy atom. The van der Waals surface area contributed by atoms with Crippen molar-refractivity contribution in [3.8, 4) is 0 Å². The van der Waals surface area contributed by atoms with E-state index >= 15 is 0 Å². The standard InChI is InChI=1S/C19H23N3O3S/c1-16-5-7-17(8-6-16)26(24,25)15-9-19(23)22-13-11-21(12-14-22)18-4-2-3-10-20-18/h2-8,10H,9,11-15H2,1H3. The van der Waals surface area contributed by atoms with E-state index in [-0.39, 0.29) is 23.0 Å². The first-order chi connectivity index (χ1) is 12.5. The Morgan fingerprint density at radius 1 is 1.04 bits per heavy atom. The van der Waals surface area contributed by atoms with Gasteiger partial charge in [0.2, 0.25) is 5.91 Å². The molecule has 2 heterocycles. The number of carbonyl (C=O) groups is 1. The van der Waals surface area contributed by atoms with Crippen LogP contribution in [-0.4, -0.2) is 56.1 Å². The van der Waals surface area contributed by atoms with E-state index in [1.807, 2.05) is 25.1 Å². The van der Waals surface area contributed by atoms with E-state index in [0.29, 0.717) is 26.2 Å². The third-order valence-corrected chi connectivity index (χ3v) is 6.30. The number of aromatic nitrogens is 1. The minimum absolute atomic E-state index is 0.0137. The van der Waals surface area contributed by atoms with Gasteiger partial charge in [0, 0.05) is 38.8 Å². The van der Waals surface area contributed by atoms with Crippen LogP contribution < -0.4 is 4.90 Å². The van der Waals surface area contributed by atoms with Crippen LogP contribution in [-0.2, 0) is 14.6 Å². The van der Waals surface area contributed by atoms with Crippen LogP contribution in [0.5, 0.6) is 0 Å². The number of aryl methyl sites for hydroxylation is 1. The fourth-order valence-electron chi connectivity index (χ4n) is 2.97. The summed E-state index contributed by atoms with van der Waals surface area (Å²) < 4.78 is 24.8. The zero-order valence-corrected chi connectivity index (χ0v) is 15.7. The van der Waals surface area contributed by atoms with Crippen molar-refractivity contribution in [1.29, 1.82) is 0 Å². The van der Waals surface area contributed by atoms with Crippen LogP contribution in [0.3, 0.4) is 0 Å². The molecule has 0 aliphatic carbocycles. The van der Waals surface area contributed by atoms with Crippen molar-refractivity contribution in [3.63, 3.8) is 0 Å². The van der Waals surface area contributed by atoms with E-state index in [1.54, 1.807) is 35.4 Å². The SMILES string of the molecule is Cc1ccc(S(=O)(=O)CCC(=O)N2CCN(c3ccccn3)CC2)cc1. The number of anilines is 1. The summed E-state index contributed by atoms with van der Waals surface area (Å²) in [7, 11) is -3.43. The van der Waals surface area contributed by atoms with Crippen LogP contribution >= 0.6 is 0 Å². The van der Waals surface area contributed by atoms with E-state index in [1.165, 1.54) is 0 Å². The number of rotatable bonds is 5. The molecule has 0 spiro atoms. The molecule has 0 saturated carbocycles. The molecule has 1 fully saturated rings. The Labute approximate surface area is 154 Å². The zero-order valence-electron chi connectivity index (χ0n) is 14.8. The van der Waals surface area contributed by atoms with Crippen molar-refractivity contribution >= 4 is 21.6 Å². The lowest BCUT2D eigenvalue weighted by molar-refractivity contribution is -0.131. The van der Waals surface area contributed by atoms with E-state index in [9.17, 15) is 13.2 Å². The van der Waals surface area contributed by atoms with Gasteiger partial charge in [-0.05, 0) is 31.2 Å². The van der Waals surface area contributed by atoms with E-state index in [2.05, 4.69) is 9.88 Å². The normalized spacial score (nSPS) is 15.1. The molecule has 6 nitrogen and oxygen atoms in total. The molecule has 7 heteroatoms. The number of carbonyl (C=O) groups excluding carboxylic acids is 1. The van der Waals surface area contributed by atoms with Gasteiger partial charge in [0.15, 0.2) is 9.84 Å². The second-order valence-corrected chi connectivity index (χ2v) is 8.55. The Morgan fingerprint density at radius 3 is 2.35 bits per heavy atom. The molecular formula is C19H23N3O3S. The predicted octanol–water partition coefficient (Wildman–Crippen LogP) is 1.90. The highest BCUT2D eigenvalue weighted by Gasteiger charge is 2.23. The number of hydrogen-bond acceptors (Lipinski definition) is 5. The summed E-state index contributed by atoms with van der Waals surface area (Å²) in [6, 6.07) is 12.5. The van der Waals surface area contributed by atoms with Gasteiger partial charge in [-0.1, -0.05) is 23.8 Å². The molecule has 26 heavy (non-hydrogen) atoms. The number of amides is 1. The minimum Gasteiger partial charge on any atom is -0.353 e. The smallest absolute Gasteiger partial charge is 0.223 e. The molecule has 2 aromatic rings. The van der Waals surface area contributed by atoms with Crippen LogP contribution in [0.4, 0.5) is 5.82 Å². The third kappa shape index (κ3) is 4.40. The van der Waals surface area contributed by atoms with Crippen molar-refractivity contribution in [2.75, 3.05) is 36.8 Å². The second kappa shape index (κ2) is 7.86. The van der Waals surface area contributed by atoms with Crippen LogP contribution in [0.2, 0.25) is 0 Å². The molecular weight excluding hydrogens is 350 g/mol. The van der Waals surface area contributed by atoms with Crippen LogP contribution in [0.25, 0.3) is 0 Å². The van der Waals surface area contributed by atoms with E-state index in [0.717, 1.165) is 11.4 Å². The number of sulfone groups is 1. The van der Waals surface area contributed by atoms with Crippen LogP contribution in [0.15, 0.2) is 53.6 Å². The Hall–Kier alpha value is -2.41. The summed E-state index contributed by atoms with van der Waals surface area (Å²) in [5.41, 5.74) is 1.01. The van der Waals surface area contributed by atoms with Crippen molar-refractivity contribution in [1.82, 2.24) is 9.88 Å². The van der Waals surface area contributed by atoms with Gasteiger partial charge in [-0.25, -0.2) is 13.4 Å². The molecule has 1 aromatic heterocycles. The van der Waals surface area contributed by atoms with E-state index < -0.39 is 9.84 Å². The molecule has 0 bridgehead atoms. The number of piperazine rings is 1. The van der Waals surface area contributed by atoms with Crippen molar-refractivity contribution < 1.29 is 13.2 Å². The summed E-state index contributed by atoms with van der Waals surface area (Å²) >= 11 is 0. The summed E-state index contributed by atoms with van der Waals surface area (Å²) in [6.07, 6.45) is 1.77. The molecule has 1 aliphatic rings. The lowest BCUT2D eigenvalue weighted by atomic mass is 10.2. The molecule has 3 rings (SSSR count). The van der Waals surface area contributed by atoms with Gasteiger partial charge in [0.05, 0.1) is 10.6 Å². The topological polar surface area (TPSA) is 70.6 Å².